The lowest BCUT2D eigenvalue weighted by molar-refractivity contribution is 0.0989. The quantitative estimate of drug-likeness (QED) is 0.694. The predicted octanol–water partition coefficient (Wildman–Crippen LogP) is 1.99. The molecule has 68 valence electrons. The third-order valence-corrected chi connectivity index (χ3v) is 3.16. The SMILES string of the molecule is CSc1cccc2c1[C@H](N)CC2=O. The predicted molar refractivity (Wildman–Crippen MR) is 54.1 cm³/mol. The fraction of sp³-hybridized carbons (Fsp3) is 0.300. The van der Waals surface area contributed by atoms with E-state index in [1.807, 2.05) is 24.5 Å². The zero-order valence-corrected chi connectivity index (χ0v) is 8.23. The van der Waals surface area contributed by atoms with Gasteiger partial charge in [-0.2, -0.15) is 0 Å². The highest BCUT2D eigenvalue weighted by Gasteiger charge is 2.28. The molecule has 0 radical (unpaired) electrons. The van der Waals surface area contributed by atoms with Crippen molar-refractivity contribution in [3.8, 4) is 0 Å². The number of carbonyl (C=O) groups is 1. The van der Waals surface area contributed by atoms with Crippen LogP contribution < -0.4 is 5.73 Å². The van der Waals surface area contributed by atoms with Gasteiger partial charge in [0.05, 0.1) is 0 Å². The highest BCUT2D eigenvalue weighted by atomic mass is 32.2. The van der Waals surface area contributed by atoms with Crippen LogP contribution in [0.25, 0.3) is 0 Å². The summed E-state index contributed by atoms with van der Waals surface area (Å²) < 4.78 is 0. The van der Waals surface area contributed by atoms with Crippen molar-refractivity contribution < 1.29 is 4.79 Å². The number of hydrogen-bond acceptors (Lipinski definition) is 3. The van der Waals surface area contributed by atoms with Crippen LogP contribution in [-0.2, 0) is 0 Å². The van der Waals surface area contributed by atoms with Crippen LogP contribution in [-0.4, -0.2) is 12.0 Å². The van der Waals surface area contributed by atoms with E-state index in [2.05, 4.69) is 0 Å². The van der Waals surface area contributed by atoms with Crippen molar-refractivity contribution in [3.05, 3.63) is 29.3 Å². The van der Waals surface area contributed by atoms with Crippen LogP contribution in [0.15, 0.2) is 23.1 Å². The molecule has 2 N–H and O–H groups in total. The molecule has 0 heterocycles. The average Bonchev–Trinajstić information content (AvgIpc) is 2.43. The molecule has 0 saturated carbocycles. The first-order valence-electron chi connectivity index (χ1n) is 4.19. The van der Waals surface area contributed by atoms with Crippen molar-refractivity contribution in [2.75, 3.05) is 6.26 Å². The van der Waals surface area contributed by atoms with Crippen LogP contribution in [0.1, 0.15) is 28.4 Å². The molecular formula is C10H11NOS. The van der Waals surface area contributed by atoms with Gasteiger partial charge in [0.25, 0.3) is 0 Å². The Balaban J connectivity index is 2.62. The zero-order chi connectivity index (χ0) is 9.42. The maximum absolute atomic E-state index is 11.5. The molecule has 0 spiro atoms. The van der Waals surface area contributed by atoms with Gasteiger partial charge in [-0.15, -0.1) is 11.8 Å². The Labute approximate surface area is 81.5 Å². The summed E-state index contributed by atoms with van der Waals surface area (Å²) in [5, 5.41) is 0. The number of nitrogens with two attached hydrogens (primary N) is 1. The number of hydrogen-bond donors (Lipinski definition) is 1. The van der Waals surface area contributed by atoms with Gasteiger partial charge in [-0.05, 0) is 17.9 Å². The van der Waals surface area contributed by atoms with Crippen molar-refractivity contribution in [1.82, 2.24) is 0 Å². The minimum Gasteiger partial charge on any atom is -0.324 e. The van der Waals surface area contributed by atoms with E-state index in [4.69, 9.17) is 5.73 Å². The largest absolute Gasteiger partial charge is 0.324 e. The fourth-order valence-electron chi connectivity index (χ4n) is 1.76. The first-order valence-corrected chi connectivity index (χ1v) is 5.42. The van der Waals surface area contributed by atoms with Crippen LogP contribution in [0.3, 0.4) is 0 Å². The number of thioether (sulfide) groups is 1. The lowest BCUT2D eigenvalue weighted by Crippen LogP contribution is -2.06. The summed E-state index contributed by atoms with van der Waals surface area (Å²) in [4.78, 5) is 12.6. The van der Waals surface area contributed by atoms with Crippen LogP contribution in [0.5, 0.6) is 0 Å². The molecule has 0 bridgehead atoms. The molecule has 0 unspecified atom stereocenters. The molecule has 0 aliphatic heterocycles. The average molecular weight is 193 g/mol. The molecule has 13 heavy (non-hydrogen) atoms. The molecule has 0 amide bonds. The normalized spacial score (nSPS) is 20.5. The first-order chi connectivity index (χ1) is 6.24. The van der Waals surface area contributed by atoms with E-state index >= 15 is 0 Å². The number of ketones is 1. The van der Waals surface area contributed by atoms with Crippen molar-refractivity contribution in [2.24, 2.45) is 5.73 Å². The van der Waals surface area contributed by atoms with Gasteiger partial charge in [0.1, 0.15) is 0 Å². The van der Waals surface area contributed by atoms with Gasteiger partial charge >= 0.3 is 0 Å². The summed E-state index contributed by atoms with van der Waals surface area (Å²) in [5.41, 5.74) is 7.74. The lowest BCUT2D eigenvalue weighted by Gasteiger charge is -2.08. The fourth-order valence-corrected chi connectivity index (χ4v) is 2.46. The van der Waals surface area contributed by atoms with E-state index in [0.717, 1.165) is 16.0 Å². The highest BCUT2D eigenvalue weighted by Crippen LogP contribution is 2.35. The molecule has 0 fully saturated rings. The lowest BCUT2D eigenvalue weighted by atomic mass is 10.1. The van der Waals surface area contributed by atoms with Gasteiger partial charge in [0.15, 0.2) is 5.78 Å². The van der Waals surface area contributed by atoms with Gasteiger partial charge in [-0.25, -0.2) is 0 Å². The third-order valence-electron chi connectivity index (χ3n) is 2.36. The van der Waals surface area contributed by atoms with Crippen molar-refractivity contribution in [3.63, 3.8) is 0 Å². The Morgan fingerprint density at radius 2 is 2.31 bits per heavy atom. The summed E-state index contributed by atoms with van der Waals surface area (Å²) in [7, 11) is 0. The van der Waals surface area contributed by atoms with E-state index in [1.165, 1.54) is 0 Å². The van der Waals surface area contributed by atoms with Gasteiger partial charge in [0.2, 0.25) is 0 Å². The third kappa shape index (κ3) is 1.28. The number of benzene rings is 1. The Hall–Kier alpha value is -0.800. The van der Waals surface area contributed by atoms with Crippen LogP contribution in [0, 0.1) is 0 Å². The number of Topliss-reactive ketones (excluding diaryl/α,β-unsaturated/α-hetero) is 1. The molecule has 0 aromatic heterocycles. The van der Waals surface area contributed by atoms with E-state index in [0.29, 0.717) is 6.42 Å². The molecule has 1 atom stereocenters. The van der Waals surface area contributed by atoms with Crippen molar-refractivity contribution in [2.45, 2.75) is 17.4 Å². The molecule has 2 rings (SSSR count). The second kappa shape index (κ2) is 3.16. The van der Waals surface area contributed by atoms with Gasteiger partial charge in [0, 0.05) is 22.9 Å². The van der Waals surface area contributed by atoms with Gasteiger partial charge in [-0.1, -0.05) is 12.1 Å². The molecule has 2 nitrogen and oxygen atoms in total. The number of fused-ring (bicyclic) bond motifs is 1. The minimum atomic E-state index is -0.0915. The van der Waals surface area contributed by atoms with Crippen LogP contribution >= 0.6 is 11.8 Å². The molecule has 1 aromatic carbocycles. The standard InChI is InChI=1S/C10H11NOS/c1-13-9-4-2-3-6-8(12)5-7(11)10(6)9/h2-4,7H,5,11H2,1H3/t7-/m1/s1. The van der Waals surface area contributed by atoms with Gasteiger partial charge in [-0.3, -0.25) is 4.79 Å². The topological polar surface area (TPSA) is 43.1 Å². The summed E-state index contributed by atoms with van der Waals surface area (Å²) >= 11 is 1.65. The monoisotopic (exact) mass is 193 g/mol. The molecule has 1 aromatic rings. The van der Waals surface area contributed by atoms with E-state index in [-0.39, 0.29) is 11.8 Å². The zero-order valence-electron chi connectivity index (χ0n) is 7.41. The number of rotatable bonds is 1. The van der Waals surface area contributed by atoms with E-state index in [9.17, 15) is 4.79 Å². The van der Waals surface area contributed by atoms with Crippen molar-refractivity contribution >= 4 is 17.5 Å². The maximum Gasteiger partial charge on any atom is 0.165 e. The first kappa shape index (κ1) is 8.78. The molecule has 0 saturated heterocycles. The van der Waals surface area contributed by atoms with E-state index in [1.54, 1.807) is 11.8 Å². The number of carbonyl (C=O) groups excluding carboxylic acids is 1. The summed E-state index contributed by atoms with van der Waals surface area (Å²) in [6.45, 7) is 0. The molecule has 1 aliphatic rings. The Kier molecular flexibility index (Phi) is 2.14. The maximum atomic E-state index is 11.5. The van der Waals surface area contributed by atoms with Gasteiger partial charge < -0.3 is 5.73 Å². The van der Waals surface area contributed by atoms with Crippen LogP contribution in [0.2, 0.25) is 0 Å². The highest BCUT2D eigenvalue weighted by molar-refractivity contribution is 7.98. The second-order valence-corrected chi connectivity index (χ2v) is 4.00. The van der Waals surface area contributed by atoms with Crippen LogP contribution in [0.4, 0.5) is 0 Å². The molecule has 3 heteroatoms. The second-order valence-electron chi connectivity index (χ2n) is 3.16. The Bertz CT molecular complexity index is 362. The summed E-state index contributed by atoms with van der Waals surface area (Å²) in [6, 6.07) is 5.71. The minimum absolute atomic E-state index is 0.0915. The van der Waals surface area contributed by atoms with Crippen molar-refractivity contribution in [1.29, 1.82) is 0 Å². The Morgan fingerprint density at radius 3 is 3.00 bits per heavy atom. The summed E-state index contributed by atoms with van der Waals surface area (Å²) in [6.07, 6.45) is 2.47. The summed E-state index contributed by atoms with van der Waals surface area (Å²) in [5.74, 6) is 0.179. The van der Waals surface area contributed by atoms with E-state index < -0.39 is 0 Å². The Morgan fingerprint density at radius 1 is 1.54 bits per heavy atom. The smallest absolute Gasteiger partial charge is 0.165 e. The molecular weight excluding hydrogens is 182 g/mol. The molecule has 1 aliphatic carbocycles.